The van der Waals surface area contributed by atoms with E-state index in [1.54, 1.807) is 24.3 Å². The van der Waals surface area contributed by atoms with Gasteiger partial charge in [0.05, 0.1) is 22.2 Å². The van der Waals surface area contributed by atoms with Crippen LogP contribution in [0.2, 0.25) is 5.02 Å². The molecule has 3 rings (SSSR count). The number of piperidine rings is 1. The summed E-state index contributed by atoms with van der Waals surface area (Å²) >= 11 is 6.07. The quantitative estimate of drug-likeness (QED) is 0.742. The van der Waals surface area contributed by atoms with E-state index in [2.05, 4.69) is 10.6 Å². The summed E-state index contributed by atoms with van der Waals surface area (Å²) in [5, 5.41) is 6.30. The van der Waals surface area contributed by atoms with Gasteiger partial charge in [0.1, 0.15) is 0 Å². The van der Waals surface area contributed by atoms with Gasteiger partial charge in [0.25, 0.3) is 0 Å². The summed E-state index contributed by atoms with van der Waals surface area (Å²) < 4.78 is 27.3. The number of anilines is 2. The van der Waals surface area contributed by atoms with Crippen molar-refractivity contribution in [2.75, 3.05) is 30.3 Å². The molecule has 150 valence electrons. The van der Waals surface area contributed by atoms with Crippen molar-refractivity contribution in [1.82, 2.24) is 4.31 Å². The molecular weight excluding hydrogens is 398 g/mol. The van der Waals surface area contributed by atoms with Gasteiger partial charge in [-0.05, 0) is 49.6 Å². The van der Waals surface area contributed by atoms with Crippen LogP contribution in [0.15, 0.2) is 47.4 Å². The van der Waals surface area contributed by atoms with Gasteiger partial charge in [0.2, 0.25) is 15.9 Å². The minimum Gasteiger partial charge on any atom is -0.375 e. The first-order valence-corrected chi connectivity index (χ1v) is 11.1. The maximum Gasteiger partial charge on any atom is 0.243 e. The zero-order chi connectivity index (χ0) is 20.1. The van der Waals surface area contributed by atoms with Gasteiger partial charge in [-0.1, -0.05) is 36.2 Å². The molecule has 0 spiro atoms. The average Bonchev–Trinajstić information content (AvgIpc) is 2.69. The highest BCUT2D eigenvalue weighted by molar-refractivity contribution is 7.89. The largest absolute Gasteiger partial charge is 0.375 e. The zero-order valence-corrected chi connectivity index (χ0v) is 17.3. The summed E-state index contributed by atoms with van der Waals surface area (Å²) in [4.78, 5) is 12.5. The summed E-state index contributed by atoms with van der Waals surface area (Å²) in [6.07, 6.45) is 2.81. The molecule has 0 radical (unpaired) electrons. The van der Waals surface area contributed by atoms with Crippen LogP contribution in [0.3, 0.4) is 0 Å². The molecule has 1 aliphatic rings. The van der Waals surface area contributed by atoms with Crippen molar-refractivity contribution in [2.24, 2.45) is 0 Å². The van der Waals surface area contributed by atoms with Crippen LogP contribution in [0.5, 0.6) is 0 Å². The monoisotopic (exact) mass is 421 g/mol. The van der Waals surface area contributed by atoms with Crippen LogP contribution < -0.4 is 10.6 Å². The Labute approximate surface area is 170 Å². The zero-order valence-electron chi connectivity index (χ0n) is 15.7. The van der Waals surface area contributed by atoms with E-state index in [4.69, 9.17) is 11.6 Å². The Morgan fingerprint density at radius 3 is 2.50 bits per heavy atom. The molecule has 0 aliphatic carbocycles. The van der Waals surface area contributed by atoms with Crippen LogP contribution in [0, 0.1) is 6.92 Å². The highest BCUT2D eigenvalue weighted by atomic mass is 35.5. The lowest BCUT2D eigenvalue weighted by Crippen LogP contribution is -2.35. The van der Waals surface area contributed by atoms with Crippen LogP contribution in [0.25, 0.3) is 0 Å². The third kappa shape index (κ3) is 4.84. The molecule has 2 N–H and O–H groups in total. The SMILES string of the molecule is Cc1ccc(S(=O)(=O)N2CCCCC2)cc1NC(=O)CNc1ccccc1Cl. The number of amides is 1. The second-order valence-electron chi connectivity index (χ2n) is 6.82. The van der Waals surface area contributed by atoms with Crippen LogP contribution in [-0.4, -0.2) is 38.3 Å². The van der Waals surface area contributed by atoms with Crippen molar-refractivity contribution in [2.45, 2.75) is 31.1 Å². The topological polar surface area (TPSA) is 78.5 Å². The molecule has 1 heterocycles. The lowest BCUT2D eigenvalue weighted by Gasteiger charge is -2.26. The molecule has 28 heavy (non-hydrogen) atoms. The minimum atomic E-state index is -3.55. The Balaban J connectivity index is 1.71. The van der Waals surface area contributed by atoms with Gasteiger partial charge >= 0.3 is 0 Å². The summed E-state index contributed by atoms with van der Waals surface area (Å²) in [5.41, 5.74) is 1.95. The van der Waals surface area contributed by atoms with Crippen LogP contribution >= 0.6 is 11.6 Å². The fraction of sp³-hybridized carbons (Fsp3) is 0.350. The van der Waals surface area contributed by atoms with Gasteiger partial charge < -0.3 is 10.6 Å². The van der Waals surface area contributed by atoms with Crippen molar-refractivity contribution in [3.05, 3.63) is 53.1 Å². The molecule has 0 atom stereocenters. The summed E-state index contributed by atoms with van der Waals surface area (Å²) in [6, 6.07) is 12.0. The lowest BCUT2D eigenvalue weighted by atomic mass is 10.2. The number of carbonyl (C=O) groups excluding carboxylic acids is 1. The van der Waals surface area contributed by atoms with E-state index in [0.717, 1.165) is 24.8 Å². The summed E-state index contributed by atoms with van der Waals surface area (Å²) in [5.74, 6) is -0.282. The standard InChI is InChI=1S/C20H24ClN3O3S/c1-15-9-10-16(28(26,27)24-11-5-2-6-12-24)13-19(15)23-20(25)14-22-18-8-4-3-7-17(18)21/h3-4,7-10,13,22H,2,5-6,11-12,14H2,1H3,(H,23,25). The van der Waals surface area contributed by atoms with E-state index in [0.29, 0.717) is 29.5 Å². The molecule has 0 unspecified atom stereocenters. The fourth-order valence-corrected chi connectivity index (χ4v) is 4.87. The molecule has 2 aromatic rings. The smallest absolute Gasteiger partial charge is 0.243 e. The Morgan fingerprint density at radius 2 is 1.79 bits per heavy atom. The Morgan fingerprint density at radius 1 is 1.07 bits per heavy atom. The Hall–Kier alpha value is -2.09. The van der Waals surface area contributed by atoms with E-state index >= 15 is 0 Å². The number of benzene rings is 2. The van der Waals surface area contributed by atoms with Crippen molar-refractivity contribution in [3.63, 3.8) is 0 Å². The van der Waals surface area contributed by atoms with Crippen molar-refractivity contribution in [1.29, 1.82) is 0 Å². The van der Waals surface area contributed by atoms with Crippen molar-refractivity contribution in [3.8, 4) is 0 Å². The first-order chi connectivity index (χ1) is 13.4. The van der Waals surface area contributed by atoms with Gasteiger partial charge in [0, 0.05) is 18.8 Å². The molecule has 2 aromatic carbocycles. The number of hydrogen-bond donors (Lipinski definition) is 2. The number of sulfonamides is 1. The van der Waals surface area contributed by atoms with E-state index < -0.39 is 10.0 Å². The number of aryl methyl sites for hydroxylation is 1. The number of nitrogens with zero attached hydrogens (tertiary/aromatic N) is 1. The maximum atomic E-state index is 12.9. The van der Waals surface area contributed by atoms with Crippen molar-refractivity contribution >= 4 is 38.9 Å². The molecule has 1 saturated heterocycles. The second-order valence-corrected chi connectivity index (χ2v) is 9.17. The second kappa shape index (κ2) is 8.94. The predicted molar refractivity (Wildman–Crippen MR) is 112 cm³/mol. The number of para-hydroxylation sites is 1. The molecule has 1 fully saturated rings. The third-order valence-electron chi connectivity index (χ3n) is 4.75. The van der Waals surface area contributed by atoms with Gasteiger partial charge in [0.15, 0.2) is 0 Å². The third-order valence-corrected chi connectivity index (χ3v) is 6.97. The maximum absolute atomic E-state index is 12.9. The first-order valence-electron chi connectivity index (χ1n) is 9.27. The first kappa shape index (κ1) is 20.6. The lowest BCUT2D eigenvalue weighted by molar-refractivity contribution is -0.114. The Bertz CT molecular complexity index is 957. The van der Waals surface area contributed by atoms with Crippen LogP contribution in [0.4, 0.5) is 11.4 Å². The minimum absolute atomic E-state index is 0.0201. The normalized spacial score (nSPS) is 15.2. The van der Waals surface area contributed by atoms with E-state index in [-0.39, 0.29) is 17.3 Å². The van der Waals surface area contributed by atoms with Gasteiger partial charge in [-0.3, -0.25) is 4.79 Å². The number of nitrogens with one attached hydrogen (secondary N) is 2. The number of rotatable bonds is 6. The van der Waals surface area contributed by atoms with Gasteiger partial charge in [-0.2, -0.15) is 4.31 Å². The molecule has 1 aliphatic heterocycles. The molecule has 0 aromatic heterocycles. The highest BCUT2D eigenvalue weighted by Crippen LogP contribution is 2.25. The van der Waals surface area contributed by atoms with Gasteiger partial charge in [-0.25, -0.2) is 8.42 Å². The fourth-order valence-electron chi connectivity index (χ4n) is 3.13. The van der Waals surface area contributed by atoms with E-state index in [9.17, 15) is 13.2 Å². The van der Waals surface area contributed by atoms with E-state index in [1.807, 2.05) is 19.1 Å². The molecule has 0 bridgehead atoms. The van der Waals surface area contributed by atoms with Gasteiger partial charge in [-0.15, -0.1) is 0 Å². The van der Waals surface area contributed by atoms with Crippen molar-refractivity contribution < 1.29 is 13.2 Å². The molecule has 0 saturated carbocycles. The number of hydrogen-bond acceptors (Lipinski definition) is 4. The predicted octanol–water partition coefficient (Wildman–Crippen LogP) is 3.87. The molecular formula is C20H24ClN3O3S. The molecule has 6 nitrogen and oxygen atoms in total. The summed E-state index contributed by atoms with van der Waals surface area (Å²) in [6.45, 7) is 2.93. The number of halogens is 1. The van der Waals surface area contributed by atoms with Crippen LogP contribution in [0.1, 0.15) is 24.8 Å². The average molecular weight is 422 g/mol. The number of carbonyl (C=O) groups is 1. The summed E-state index contributed by atoms with van der Waals surface area (Å²) in [7, 11) is -3.55. The van der Waals surface area contributed by atoms with Crippen LogP contribution in [-0.2, 0) is 14.8 Å². The molecule has 8 heteroatoms. The van der Waals surface area contributed by atoms with E-state index in [1.165, 1.54) is 10.4 Å². The molecule has 1 amide bonds. The highest BCUT2D eigenvalue weighted by Gasteiger charge is 2.26. The Kier molecular flexibility index (Phi) is 6.59.